The minimum atomic E-state index is -4.38. The van der Waals surface area contributed by atoms with Crippen molar-refractivity contribution in [1.82, 2.24) is 10.2 Å². The smallest absolute Gasteiger partial charge is 0.264 e. The van der Waals surface area contributed by atoms with Crippen molar-refractivity contribution < 1.29 is 22.4 Å². The predicted octanol–water partition coefficient (Wildman–Crippen LogP) is 5.97. The molecule has 2 amide bonds. The summed E-state index contributed by atoms with van der Waals surface area (Å²) in [5.41, 5.74) is 0.939. The summed E-state index contributed by atoms with van der Waals surface area (Å²) < 4.78 is 43.4. The monoisotopic (exact) mass is 607 g/mol. The van der Waals surface area contributed by atoms with Gasteiger partial charge in [0.25, 0.3) is 10.0 Å². The normalized spacial score (nSPS) is 12.1. The maximum atomic E-state index is 15.0. The van der Waals surface area contributed by atoms with E-state index in [9.17, 15) is 18.0 Å². The predicted molar refractivity (Wildman–Crippen MR) is 157 cm³/mol. The van der Waals surface area contributed by atoms with E-state index in [2.05, 4.69) is 5.32 Å². The summed E-state index contributed by atoms with van der Waals surface area (Å²) in [5, 5.41) is 3.37. The molecule has 0 saturated heterocycles. The number of rotatable bonds is 12. The first kappa shape index (κ1) is 31.4. The molecule has 0 aliphatic carbocycles. The van der Waals surface area contributed by atoms with Crippen molar-refractivity contribution in [2.75, 3.05) is 17.4 Å². The number of sulfonamides is 1. The minimum absolute atomic E-state index is 0.109. The summed E-state index contributed by atoms with van der Waals surface area (Å²) in [5.74, 6) is -1.95. The van der Waals surface area contributed by atoms with Gasteiger partial charge in [-0.2, -0.15) is 0 Å². The van der Waals surface area contributed by atoms with Gasteiger partial charge in [0.05, 0.1) is 10.6 Å². The van der Waals surface area contributed by atoms with E-state index in [1.54, 1.807) is 44.2 Å². The van der Waals surface area contributed by atoms with Gasteiger partial charge >= 0.3 is 0 Å². The van der Waals surface area contributed by atoms with E-state index < -0.39 is 40.2 Å². The average molecular weight is 609 g/mol. The molecule has 0 bridgehead atoms. The Morgan fingerprint density at radius 3 is 2.15 bits per heavy atom. The first-order valence-corrected chi connectivity index (χ1v) is 15.0. The van der Waals surface area contributed by atoms with Crippen molar-refractivity contribution >= 4 is 50.7 Å². The Balaban J connectivity index is 2.10. The van der Waals surface area contributed by atoms with Crippen molar-refractivity contribution in [1.29, 1.82) is 0 Å². The molecular formula is C29H32Cl2FN3O4S. The molecule has 0 spiro atoms. The lowest BCUT2D eigenvalue weighted by atomic mass is 10.1. The maximum Gasteiger partial charge on any atom is 0.264 e. The topological polar surface area (TPSA) is 86.8 Å². The molecule has 3 rings (SSSR count). The van der Waals surface area contributed by atoms with E-state index in [4.69, 9.17) is 23.2 Å². The van der Waals surface area contributed by atoms with Gasteiger partial charge in [0.15, 0.2) is 0 Å². The van der Waals surface area contributed by atoms with Crippen LogP contribution in [0.3, 0.4) is 0 Å². The van der Waals surface area contributed by atoms with E-state index in [-0.39, 0.29) is 33.6 Å². The summed E-state index contributed by atoms with van der Waals surface area (Å²) in [6.45, 7) is 4.91. The van der Waals surface area contributed by atoms with Crippen molar-refractivity contribution in [3.05, 3.63) is 93.7 Å². The number of halogens is 3. The summed E-state index contributed by atoms with van der Waals surface area (Å²) in [6, 6.07) is 15.2. The molecule has 1 atom stereocenters. The van der Waals surface area contributed by atoms with Gasteiger partial charge in [0, 0.05) is 28.7 Å². The van der Waals surface area contributed by atoms with Crippen molar-refractivity contribution in [3.8, 4) is 0 Å². The van der Waals surface area contributed by atoms with Gasteiger partial charge in [-0.05, 0) is 56.2 Å². The number of benzene rings is 3. The van der Waals surface area contributed by atoms with Gasteiger partial charge in [-0.3, -0.25) is 13.9 Å². The van der Waals surface area contributed by atoms with Gasteiger partial charge in [-0.15, -0.1) is 0 Å². The molecule has 3 aromatic carbocycles. The number of aryl methyl sites for hydroxylation is 1. The lowest BCUT2D eigenvalue weighted by Gasteiger charge is -2.33. The van der Waals surface area contributed by atoms with E-state index >= 15 is 4.39 Å². The number of hydrogen-bond donors (Lipinski definition) is 1. The van der Waals surface area contributed by atoms with E-state index in [0.717, 1.165) is 15.9 Å². The summed E-state index contributed by atoms with van der Waals surface area (Å²) in [4.78, 5) is 28.3. The van der Waals surface area contributed by atoms with Crippen LogP contribution in [0.15, 0.2) is 71.6 Å². The summed E-state index contributed by atoms with van der Waals surface area (Å²) >= 11 is 12.8. The highest BCUT2D eigenvalue weighted by molar-refractivity contribution is 7.92. The number of nitrogens with one attached hydrogen (secondary N) is 1. The molecule has 1 N–H and O–H groups in total. The third kappa shape index (κ3) is 7.33. The fraction of sp³-hybridized carbons (Fsp3) is 0.310. The second-order valence-electron chi connectivity index (χ2n) is 9.21. The van der Waals surface area contributed by atoms with Crippen LogP contribution in [0.1, 0.15) is 37.8 Å². The van der Waals surface area contributed by atoms with Crippen LogP contribution < -0.4 is 9.62 Å². The van der Waals surface area contributed by atoms with Crippen LogP contribution in [-0.4, -0.2) is 44.3 Å². The lowest BCUT2D eigenvalue weighted by Crippen LogP contribution is -2.52. The molecule has 0 aliphatic heterocycles. The summed E-state index contributed by atoms with van der Waals surface area (Å²) in [6.07, 6.45) is 0.913. The number of amides is 2. The highest BCUT2D eigenvalue weighted by Gasteiger charge is 2.35. The van der Waals surface area contributed by atoms with E-state index in [0.29, 0.717) is 18.5 Å². The maximum absolute atomic E-state index is 15.0. The highest BCUT2D eigenvalue weighted by atomic mass is 35.5. The fourth-order valence-corrected chi connectivity index (χ4v) is 6.08. The van der Waals surface area contributed by atoms with Crippen LogP contribution in [0.25, 0.3) is 0 Å². The zero-order valence-corrected chi connectivity index (χ0v) is 24.9. The average Bonchev–Trinajstić information content (AvgIpc) is 2.92. The number of nitrogens with zero attached hydrogens (tertiary/aromatic N) is 2. The van der Waals surface area contributed by atoms with Crippen LogP contribution in [-0.2, 0) is 26.2 Å². The number of para-hydroxylation sites is 1. The van der Waals surface area contributed by atoms with E-state index in [1.807, 2.05) is 6.92 Å². The largest absolute Gasteiger partial charge is 0.354 e. The van der Waals surface area contributed by atoms with Crippen molar-refractivity contribution in [2.45, 2.75) is 51.1 Å². The van der Waals surface area contributed by atoms with Crippen LogP contribution in [0, 0.1) is 12.7 Å². The Morgan fingerprint density at radius 2 is 1.57 bits per heavy atom. The molecule has 3 aromatic rings. The second kappa shape index (κ2) is 14.0. The molecule has 0 saturated carbocycles. The molecule has 7 nitrogen and oxygen atoms in total. The highest BCUT2D eigenvalue weighted by Crippen LogP contribution is 2.29. The molecular weight excluding hydrogens is 576 g/mol. The SMILES string of the molecule is CCCNC(=O)[C@@H](CC)N(Cc1c(Cl)cccc1Cl)C(=O)CN(c1ccccc1F)S(=O)(=O)c1ccc(C)cc1. The number of carbonyl (C=O) groups is 2. The van der Waals surface area contributed by atoms with Gasteiger partial charge < -0.3 is 10.2 Å². The second-order valence-corrected chi connectivity index (χ2v) is 11.9. The van der Waals surface area contributed by atoms with Gasteiger partial charge in [0.2, 0.25) is 11.8 Å². The third-order valence-corrected chi connectivity index (χ3v) is 8.82. The first-order valence-electron chi connectivity index (χ1n) is 12.8. The zero-order valence-electron chi connectivity index (χ0n) is 22.5. The first-order chi connectivity index (χ1) is 19.0. The number of hydrogen-bond acceptors (Lipinski definition) is 4. The Morgan fingerprint density at radius 1 is 0.950 bits per heavy atom. The van der Waals surface area contributed by atoms with Gasteiger partial charge in [-0.25, -0.2) is 12.8 Å². The third-order valence-electron chi connectivity index (χ3n) is 6.33. The van der Waals surface area contributed by atoms with Crippen molar-refractivity contribution in [3.63, 3.8) is 0 Å². The standard InChI is InChI=1S/C29H32Cl2FN3O4S/c1-4-17-33-29(37)26(5-2)34(18-22-23(30)9-8-10-24(22)31)28(36)19-35(27-12-7-6-11-25(27)32)40(38,39)21-15-13-20(3)14-16-21/h6-16,26H,4-5,17-19H2,1-3H3,(H,33,37)/t26-/m1/s1. The molecule has 0 unspecified atom stereocenters. The Kier molecular flexibility index (Phi) is 11.0. The number of anilines is 1. The molecule has 0 radical (unpaired) electrons. The van der Waals surface area contributed by atoms with Crippen LogP contribution in [0.5, 0.6) is 0 Å². The van der Waals surface area contributed by atoms with Gasteiger partial charge in [0.1, 0.15) is 18.4 Å². The fourth-order valence-electron chi connectivity index (χ4n) is 4.14. The van der Waals surface area contributed by atoms with Crippen molar-refractivity contribution in [2.24, 2.45) is 0 Å². The Hall–Kier alpha value is -3.14. The van der Waals surface area contributed by atoms with Gasteiger partial charge in [-0.1, -0.05) is 72.9 Å². The molecule has 214 valence electrons. The minimum Gasteiger partial charge on any atom is -0.354 e. The van der Waals surface area contributed by atoms with Crippen LogP contribution in [0.4, 0.5) is 10.1 Å². The molecule has 0 heterocycles. The zero-order chi connectivity index (χ0) is 29.4. The summed E-state index contributed by atoms with van der Waals surface area (Å²) in [7, 11) is -4.38. The Bertz CT molecular complexity index is 1430. The van der Waals surface area contributed by atoms with Crippen LogP contribution >= 0.6 is 23.2 Å². The lowest BCUT2D eigenvalue weighted by molar-refractivity contribution is -0.140. The van der Waals surface area contributed by atoms with Crippen LogP contribution in [0.2, 0.25) is 10.0 Å². The van der Waals surface area contributed by atoms with E-state index in [1.165, 1.54) is 35.2 Å². The molecule has 40 heavy (non-hydrogen) atoms. The molecule has 0 aliphatic rings. The Labute approximate surface area is 244 Å². The molecule has 0 aromatic heterocycles. The molecule has 11 heteroatoms. The molecule has 0 fully saturated rings. The number of carbonyl (C=O) groups excluding carboxylic acids is 2. The quantitative estimate of drug-likeness (QED) is 0.275.